The molecule has 9 heteroatoms. The van der Waals surface area contributed by atoms with E-state index in [1.54, 1.807) is 18.4 Å². The third-order valence-electron chi connectivity index (χ3n) is 4.08. The molecule has 6 nitrogen and oxygen atoms in total. The number of thiazole rings is 1. The molecule has 0 radical (unpaired) electrons. The third-order valence-corrected chi connectivity index (χ3v) is 7.11. The second-order valence-corrected chi connectivity index (χ2v) is 9.45. The van der Waals surface area contributed by atoms with Gasteiger partial charge in [-0.3, -0.25) is 10.2 Å². The summed E-state index contributed by atoms with van der Waals surface area (Å²) in [6.07, 6.45) is 0.948. The second kappa shape index (κ2) is 8.52. The van der Waals surface area contributed by atoms with Crippen LogP contribution in [0.4, 0.5) is 0 Å². The molecule has 0 saturated carbocycles. The quantitative estimate of drug-likeness (QED) is 0.521. The lowest BCUT2D eigenvalue weighted by atomic mass is 10.1. The lowest BCUT2D eigenvalue weighted by molar-refractivity contribution is 0.0941. The SMILES string of the molecule is CCc1ccc(-c2nc(C(=O)NNS(=O)(=O)c3ccc(Br)c(C)c3)cs2)cc1. The largest absolute Gasteiger partial charge is 0.285 e. The van der Waals surface area contributed by atoms with Crippen molar-refractivity contribution in [3.63, 3.8) is 0 Å². The van der Waals surface area contributed by atoms with E-state index in [0.29, 0.717) is 5.01 Å². The van der Waals surface area contributed by atoms with E-state index < -0.39 is 15.9 Å². The molecule has 2 N–H and O–H groups in total. The lowest BCUT2D eigenvalue weighted by Gasteiger charge is -2.08. The topological polar surface area (TPSA) is 88.2 Å². The Morgan fingerprint density at radius 2 is 1.89 bits per heavy atom. The molecule has 1 heterocycles. The zero-order valence-corrected chi connectivity index (χ0v) is 18.4. The smallest absolute Gasteiger partial charge is 0.272 e. The minimum Gasteiger partial charge on any atom is -0.272 e. The fraction of sp³-hybridized carbons (Fsp3) is 0.158. The summed E-state index contributed by atoms with van der Waals surface area (Å²) in [4.78, 5) is 18.8. The summed E-state index contributed by atoms with van der Waals surface area (Å²) in [6, 6.07) is 12.6. The Kier molecular flexibility index (Phi) is 6.29. The molecule has 0 atom stereocenters. The van der Waals surface area contributed by atoms with Crippen LogP contribution in [-0.2, 0) is 16.4 Å². The van der Waals surface area contributed by atoms with Crippen LogP contribution in [0.1, 0.15) is 28.5 Å². The summed E-state index contributed by atoms with van der Waals surface area (Å²) < 4.78 is 25.5. The number of carbonyl (C=O) groups excluding carboxylic acids is 1. The number of rotatable bonds is 6. The van der Waals surface area contributed by atoms with Crippen molar-refractivity contribution < 1.29 is 13.2 Å². The van der Waals surface area contributed by atoms with Gasteiger partial charge in [-0.25, -0.2) is 13.4 Å². The van der Waals surface area contributed by atoms with Crippen LogP contribution in [0.25, 0.3) is 10.6 Å². The van der Waals surface area contributed by atoms with Crippen LogP contribution >= 0.6 is 27.3 Å². The molecule has 1 amide bonds. The summed E-state index contributed by atoms with van der Waals surface area (Å²) in [5, 5.41) is 2.29. The third kappa shape index (κ3) is 4.67. The molecule has 1 aromatic heterocycles. The first-order valence-corrected chi connectivity index (χ1v) is 11.6. The fourth-order valence-electron chi connectivity index (χ4n) is 2.41. The first-order chi connectivity index (χ1) is 13.3. The molecule has 0 spiro atoms. The molecule has 28 heavy (non-hydrogen) atoms. The van der Waals surface area contributed by atoms with E-state index in [2.05, 4.69) is 38.1 Å². The second-order valence-electron chi connectivity index (χ2n) is 6.06. The highest BCUT2D eigenvalue weighted by Crippen LogP contribution is 2.24. The minimum atomic E-state index is -3.88. The number of amides is 1. The average Bonchev–Trinajstić information content (AvgIpc) is 3.18. The number of hydrazine groups is 1. The molecular formula is C19H18BrN3O3S2. The molecule has 3 aromatic rings. The maximum atomic E-state index is 12.4. The van der Waals surface area contributed by atoms with E-state index in [-0.39, 0.29) is 10.6 Å². The first-order valence-electron chi connectivity index (χ1n) is 8.43. The van der Waals surface area contributed by atoms with Crippen LogP contribution in [0.15, 0.2) is 57.2 Å². The summed E-state index contributed by atoms with van der Waals surface area (Å²) >= 11 is 4.65. The van der Waals surface area contributed by atoms with Gasteiger partial charge in [-0.1, -0.05) is 47.1 Å². The van der Waals surface area contributed by atoms with Gasteiger partial charge in [-0.2, -0.15) is 0 Å². The summed E-state index contributed by atoms with van der Waals surface area (Å²) in [5.74, 6) is -0.620. The number of hydrogen-bond acceptors (Lipinski definition) is 5. The van der Waals surface area contributed by atoms with Crippen molar-refractivity contribution in [2.45, 2.75) is 25.2 Å². The van der Waals surface area contributed by atoms with E-state index in [1.807, 2.05) is 24.3 Å². The molecule has 3 rings (SSSR count). The van der Waals surface area contributed by atoms with Crippen molar-refractivity contribution >= 4 is 43.2 Å². The molecule has 146 valence electrons. The first kappa shape index (κ1) is 20.7. The maximum absolute atomic E-state index is 12.4. The number of nitrogens with one attached hydrogen (secondary N) is 2. The molecule has 0 aliphatic heterocycles. The van der Waals surface area contributed by atoms with Gasteiger partial charge in [0.1, 0.15) is 10.7 Å². The van der Waals surface area contributed by atoms with E-state index >= 15 is 0 Å². The van der Waals surface area contributed by atoms with E-state index in [9.17, 15) is 13.2 Å². The van der Waals surface area contributed by atoms with Crippen LogP contribution in [0, 0.1) is 6.92 Å². The summed E-state index contributed by atoms with van der Waals surface area (Å²) in [5.41, 5.74) is 5.26. The molecule has 0 fully saturated rings. The zero-order valence-electron chi connectivity index (χ0n) is 15.2. The lowest BCUT2D eigenvalue weighted by Crippen LogP contribution is -2.41. The minimum absolute atomic E-state index is 0.0588. The predicted molar refractivity (Wildman–Crippen MR) is 114 cm³/mol. The maximum Gasteiger partial charge on any atom is 0.285 e. The van der Waals surface area contributed by atoms with Gasteiger partial charge in [0.05, 0.1) is 4.90 Å². The van der Waals surface area contributed by atoms with Crippen LogP contribution in [0.2, 0.25) is 0 Å². The highest BCUT2D eigenvalue weighted by Gasteiger charge is 2.18. The Morgan fingerprint density at radius 1 is 1.18 bits per heavy atom. The number of carbonyl (C=O) groups is 1. The van der Waals surface area contributed by atoms with Gasteiger partial charge >= 0.3 is 0 Å². The van der Waals surface area contributed by atoms with E-state index in [0.717, 1.165) is 22.0 Å². The Labute approximate surface area is 176 Å². The number of benzene rings is 2. The number of sulfonamides is 1. The monoisotopic (exact) mass is 479 g/mol. The predicted octanol–water partition coefficient (Wildman–Crippen LogP) is 4.07. The molecule has 0 aliphatic carbocycles. The van der Waals surface area contributed by atoms with E-state index in [4.69, 9.17) is 0 Å². The average molecular weight is 480 g/mol. The van der Waals surface area contributed by atoms with Gasteiger partial charge < -0.3 is 0 Å². The number of aromatic nitrogens is 1. The van der Waals surface area contributed by atoms with Gasteiger partial charge in [-0.05, 0) is 42.7 Å². The molecule has 0 unspecified atom stereocenters. The number of halogens is 1. The van der Waals surface area contributed by atoms with Gasteiger partial charge in [0.15, 0.2) is 0 Å². The number of hydrogen-bond donors (Lipinski definition) is 2. The van der Waals surface area contributed by atoms with Crippen LogP contribution in [-0.4, -0.2) is 19.3 Å². The van der Waals surface area contributed by atoms with Crippen molar-refractivity contribution in [1.82, 2.24) is 15.2 Å². The fourth-order valence-corrected chi connectivity index (χ4v) is 4.39. The Hall–Kier alpha value is -2.07. The van der Waals surface area contributed by atoms with Crippen LogP contribution < -0.4 is 10.3 Å². The van der Waals surface area contributed by atoms with Gasteiger partial charge in [0, 0.05) is 15.4 Å². The van der Waals surface area contributed by atoms with Crippen molar-refractivity contribution in [3.05, 3.63) is 69.1 Å². The Balaban J connectivity index is 1.69. The molecule has 0 bridgehead atoms. The van der Waals surface area contributed by atoms with E-state index in [1.165, 1.54) is 29.0 Å². The van der Waals surface area contributed by atoms with Crippen LogP contribution in [0.5, 0.6) is 0 Å². The standard InChI is InChI=1S/C19H18BrN3O3S2/c1-3-13-4-6-14(7-5-13)19-21-17(11-27-19)18(24)22-23-28(25,26)15-8-9-16(20)12(2)10-15/h4-11,23H,3H2,1-2H3,(H,22,24). The summed E-state index contributed by atoms with van der Waals surface area (Å²) in [6.45, 7) is 3.86. The van der Waals surface area contributed by atoms with Gasteiger partial charge in [-0.15, -0.1) is 16.2 Å². The molecule has 0 aliphatic rings. The molecule has 2 aromatic carbocycles. The van der Waals surface area contributed by atoms with Gasteiger partial charge in [0.2, 0.25) is 0 Å². The zero-order chi connectivity index (χ0) is 20.3. The number of aryl methyl sites for hydroxylation is 2. The van der Waals surface area contributed by atoms with Crippen molar-refractivity contribution in [3.8, 4) is 10.6 Å². The number of nitrogens with zero attached hydrogens (tertiary/aromatic N) is 1. The Morgan fingerprint density at radius 3 is 2.54 bits per heavy atom. The normalized spacial score (nSPS) is 11.4. The molecule has 0 saturated heterocycles. The highest BCUT2D eigenvalue weighted by atomic mass is 79.9. The van der Waals surface area contributed by atoms with Crippen molar-refractivity contribution in [2.24, 2.45) is 0 Å². The van der Waals surface area contributed by atoms with Crippen molar-refractivity contribution in [1.29, 1.82) is 0 Å². The Bertz CT molecular complexity index is 1110. The highest BCUT2D eigenvalue weighted by molar-refractivity contribution is 9.10. The molecular weight excluding hydrogens is 462 g/mol. The summed E-state index contributed by atoms with van der Waals surface area (Å²) in [7, 11) is -3.88. The van der Waals surface area contributed by atoms with Crippen LogP contribution in [0.3, 0.4) is 0 Å². The van der Waals surface area contributed by atoms with Gasteiger partial charge in [0.25, 0.3) is 15.9 Å². The van der Waals surface area contributed by atoms with Crippen molar-refractivity contribution in [2.75, 3.05) is 0 Å².